The second kappa shape index (κ2) is 2.38. The Kier molecular flexibility index (Phi) is 1.37. The van der Waals surface area contributed by atoms with Crippen molar-refractivity contribution in [2.24, 2.45) is 0 Å². The minimum absolute atomic E-state index is 0.498. The van der Waals surface area contributed by atoms with Crippen LogP contribution < -0.4 is 5.46 Å². The van der Waals surface area contributed by atoms with Gasteiger partial charge in [-0.3, -0.25) is 4.40 Å². The Labute approximate surface area is 70.7 Å². The number of nitriles is 1. The summed E-state index contributed by atoms with van der Waals surface area (Å²) in [6.45, 7) is 0. The van der Waals surface area contributed by atoms with Gasteiger partial charge in [0.15, 0.2) is 0 Å². The highest BCUT2D eigenvalue weighted by atomic mass is 15.0. The highest BCUT2D eigenvalue weighted by molar-refractivity contribution is 6.32. The van der Waals surface area contributed by atoms with Crippen molar-refractivity contribution in [3.63, 3.8) is 0 Å². The van der Waals surface area contributed by atoms with Crippen molar-refractivity contribution in [2.75, 3.05) is 0 Å². The van der Waals surface area contributed by atoms with E-state index in [1.54, 1.807) is 22.7 Å². The molecule has 0 unspecified atom stereocenters. The monoisotopic (exact) mass is 153 g/mol. The SMILES string of the molecule is [B]c1ccc2ncc(C#N)n2c1. The first-order valence-electron chi connectivity index (χ1n) is 3.44. The molecule has 4 heteroatoms. The fourth-order valence-electron chi connectivity index (χ4n) is 1.08. The van der Waals surface area contributed by atoms with E-state index in [1.165, 1.54) is 6.20 Å². The zero-order valence-corrected chi connectivity index (χ0v) is 6.23. The third kappa shape index (κ3) is 0.875. The molecule has 3 nitrogen and oxygen atoms in total. The zero-order valence-electron chi connectivity index (χ0n) is 6.23. The number of imidazole rings is 1. The molecule has 12 heavy (non-hydrogen) atoms. The van der Waals surface area contributed by atoms with Gasteiger partial charge in [-0.25, -0.2) is 4.98 Å². The molecule has 0 amide bonds. The van der Waals surface area contributed by atoms with E-state index in [9.17, 15) is 0 Å². The largest absolute Gasteiger partial charge is 0.292 e. The van der Waals surface area contributed by atoms with Crippen molar-refractivity contribution >= 4 is 19.0 Å². The summed E-state index contributed by atoms with van der Waals surface area (Å²) in [4.78, 5) is 4.02. The molecule has 54 valence electrons. The first kappa shape index (κ1) is 6.92. The molecule has 0 aromatic carbocycles. The first-order valence-corrected chi connectivity index (χ1v) is 3.44. The first-order chi connectivity index (χ1) is 5.81. The Bertz CT molecular complexity index is 467. The lowest BCUT2D eigenvalue weighted by Gasteiger charge is -1.95. The normalized spacial score (nSPS) is 9.92. The van der Waals surface area contributed by atoms with Gasteiger partial charge in [0.1, 0.15) is 25.3 Å². The van der Waals surface area contributed by atoms with Gasteiger partial charge in [0.25, 0.3) is 0 Å². The smallest absolute Gasteiger partial charge is 0.144 e. The molecule has 2 aromatic rings. The Hall–Kier alpha value is -1.76. The molecule has 0 saturated carbocycles. The molecule has 0 saturated heterocycles. The van der Waals surface area contributed by atoms with E-state index >= 15 is 0 Å². The molecule has 0 spiro atoms. The van der Waals surface area contributed by atoms with Crippen LogP contribution in [0, 0.1) is 11.3 Å². The summed E-state index contributed by atoms with van der Waals surface area (Å²) in [5.74, 6) is 0. The Balaban J connectivity index is 2.86. The molecule has 0 bridgehead atoms. The maximum atomic E-state index is 8.66. The van der Waals surface area contributed by atoms with Crippen molar-refractivity contribution < 1.29 is 0 Å². The van der Waals surface area contributed by atoms with Crippen LogP contribution in [0.25, 0.3) is 5.65 Å². The molecule has 2 aromatic heterocycles. The van der Waals surface area contributed by atoms with Gasteiger partial charge in [0, 0.05) is 6.20 Å². The average Bonchev–Trinajstić information content (AvgIpc) is 2.46. The maximum absolute atomic E-state index is 8.66. The van der Waals surface area contributed by atoms with Gasteiger partial charge >= 0.3 is 0 Å². The predicted octanol–water partition coefficient (Wildman–Crippen LogP) is -0.000220. The minimum Gasteiger partial charge on any atom is -0.292 e. The number of nitrogens with zero attached hydrogens (tertiary/aromatic N) is 3. The van der Waals surface area contributed by atoms with E-state index in [2.05, 4.69) is 4.98 Å². The van der Waals surface area contributed by atoms with Gasteiger partial charge in [-0.05, 0) is 6.07 Å². The van der Waals surface area contributed by atoms with Crippen LogP contribution in [0.4, 0.5) is 0 Å². The Morgan fingerprint density at radius 1 is 1.50 bits per heavy atom. The summed E-state index contributed by atoms with van der Waals surface area (Å²) in [6.07, 6.45) is 3.20. The topological polar surface area (TPSA) is 41.1 Å². The van der Waals surface area contributed by atoms with Gasteiger partial charge in [0.2, 0.25) is 0 Å². The molecule has 0 atom stereocenters. The quantitative estimate of drug-likeness (QED) is 0.499. The fourth-order valence-corrected chi connectivity index (χ4v) is 1.08. The van der Waals surface area contributed by atoms with Crippen molar-refractivity contribution in [1.82, 2.24) is 9.38 Å². The van der Waals surface area contributed by atoms with Gasteiger partial charge < -0.3 is 0 Å². The number of hydrogen-bond acceptors (Lipinski definition) is 2. The Morgan fingerprint density at radius 3 is 3.08 bits per heavy atom. The molecule has 0 aliphatic heterocycles. The van der Waals surface area contributed by atoms with E-state index in [4.69, 9.17) is 13.1 Å². The van der Waals surface area contributed by atoms with Crippen LogP contribution in [0.5, 0.6) is 0 Å². The van der Waals surface area contributed by atoms with Crippen molar-refractivity contribution in [3.05, 3.63) is 30.2 Å². The molecule has 0 N–H and O–H groups in total. The van der Waals surface area contributed by atoms with Gasteiger partial charge in [-0.1, -0.05) is 11.5 Å². The molecule has 2 heterocycles. The predicted molar refractivity (Wildman–Crippen MR) is 45.3 cm³/mol. The third-order valence-corrected chi connectivity index (χ3v) is 1.64. The van der Waals surface area contributed by atoms with E-state index in [-0.39, 0.29) is 0 Å². The third-order valence-electron chi connectivity index (χ3n) is 1.64. The van der Waals surface area contributed by atoms with Crippen LogP contribution in [-0.4, -0.2) is 17.2 Å². The molecule has 0 aliphatic rings. The van der Waals surface area contributed by atoms with Crippen molar-refractivity contribution in [2.45, 2.75) is 0 Å². The lowest BCUT2D eigenvalue weighted by atomic mass is 9.99. The average molecular weight is 153 g/mol. The number of aromatic nitrogens is 2. The van der Waals surface area contributed by atoms with Crippen LogP contribution in [0.2, 0.25) is 0 Å². The summed E-state index contributed by atoms with van der Waals surface area (Å²) in [5.41, 5.74) is 1.86. The summed E-state index contributed by atoms with van der Waals surface area (Å²) < 4.78 is 1.66. The lowest BCUT2D eigenvalue weighted by Crippen LogP contribution is -2.04. The fraction of sp³-hybridized carbons (Fsp3) is 0. The molecular weight excluding hydrogens is 149 g/mol. The molecule has 0 fully saturated rings. The van der Waals surface area contributed by atoms with Gasteiger partial charge in [0.05, 0.1) is 6.20 Å². The lowest BCUT2D eigenvalue weighted by molar-refractivity contribution is 1.16. The molecular formula is C8H4BN3. The van der Waals surface area contributed by atoms with E-state index in [1.807, 2.05) is 6.07 Å². The summed E-state index contributed by atoms with van der Waals surface area (Å²) in [5, 5.41) is 8.66. The summed E-state index contributed by atoms with van der Waals surface area (Å²) in [7, 11) is 5.55. The number of rotatable bonds is 0. The summed E-state index contributed by atoms with van der Waals surface area (Å²) in [6, 6.07) is 5.55. The highest BCUT2D eigenvalue weighted by Crippen LogP contribution is 2.02. The van der Waals surface area contributed by atoms with Gasteiger partial charge in [-0.2, -0.15) is 5.26 Å². The maximum Gasteiger partial charge on any atom is 0.144 e. The second-order valence-corrected chi connectivity index (χ2v) is 2.45. The standard InChI is InChI=1S/C8H4BN3/c9-6-1-2-8-11-4-7(3-10)12(8)5-6/h1-2,4-5H. The van der Waals surface area contributed by atoms with E-state index in [0.717, 1.165) is 5.65 Å². The molecule has 2 radical (unpaired) electrons. The van der Waals surface area contributed by atoms with Crippen LogP contribution in [0.1, 0.15) is 5.69 Å². The second-order valence-electron chi connectivity index (χ2n) is 2.45. The van der Waals surface area contributed by atoms with Crippen molar-refractivity contribution in [1.29, 1.82) is 5.26 Å². The highest BCUT2D eigenvalue weighted by Gasteiger charge is 1.99. The van der Waals surface area contributed by atoms with E-state index in [0.29, 0.717) is 11.2 Å². The number of hydrogen-bond donors (Lipinski definition) is 0. The van der Waals surface area contributed by atoms with Gasteiger partial charge in [-0.15, -0.1) is 0 Å². The van der Waals surface area contributed by atoms with Crippen LogP contribution in [-0.2, 0) is 0 Å². The molecule has 0 aliphatic carbocycles. The summed E-state index contributed by atoms with van der Waals surface area (Å²) >= 11 is 0. The Morgan fingerprint density at radius 2 is 2.33 bits per heavy atom. The van der Waals surface area contributed by atoms with Crippen LogP contribution >= 0.6 is 0 Å². The number of pyridine rings is 1. The van der Waals surface area contributed by atoms with Crippen LogP contribution in [0.15, 0.2) is 24.5 Å². The number of fused-ring (bicyclic) bond motifs is 1. The van der Waals surface area contributed by atoms with Crippen LogP contribution in [0.3, 0.4) is 0 Å². The van der Waals surface area contributed by atoms with Crippen molar-refractivity contribution in [3.8, 4) is 6.07 Å². The zero-order chi connectivity index (χ0) is 8.55. The van der Waals surface area contributed by atoms with E-state index < -0.39 is 0 Å². The molecule has 2 rings (SSSR count). The minimum atomic E-state index is 0.498.